The highest BCUT2D eigenvalue weighted by Crippen LogP contribution is 2.33. The third kappa shape index (κ3) is 2.83. The van der Waals surface area contributed by atoms with Crippen molar-refractivity contribution in [2.45, 2.75) is 25.3 Å². The Morgan fingerprint density at radius 2 is 2.13 bits per heavy atom. The molecule has 0 aromatic heterocycles. The average Bonchev–Trinajstić information content (AvgIpc) is 2.96. The van der Waals surface area contributed by atoms with Gasteiger partial charge in [0.1, 0.15) is 5.82 Å². The maximum absolute atomic E-state index is 13.5. The maximum atomic E-state index is 13.5. The van der Waals surface area contributed by atoms with Crippen LogP contribution in [0, 0.1) is 5.82 Å². The lowest BCUT2D eigenvalue weighted by Crippen LogP contribution is -2.64. The van der Waals surface area contributed by atoms with Crippen LogP contribution >= 0.6 is 0 Å². The Kier molecular flexibility index (Phi) is 4.10. The molecule has 2 aliphatic heterocycles. The first kappa shape index (κ1) is 15.9. The fourth-order valence-electron chi connectivity index (χ4n) is 3.57. The molecular formula is C17H22FN3O2. The molecule has 2 fully saturated rings. The second-order valence-electron chi connectivity index (χ2n) is 6.46. The molecule has 6 heteroatoms. The van der Waals surface area contributed by atoms with Crippen molar-refractivity contribution in [1.29, 1.82) is 0 Å². The first-order chi connectivity index (χ1) is 10.9. The molecule has 3 rings (SSSR count). The second kappa shape index (κ2) is 5.92. The lowest BCUT2D eigenvalue weighted by molar-refractivity contribution is -0.130. The van der Waals surface area contributed by atoms with Crippen LogP contribution in [0.1, 0.15) is 19.8 Å². The van der Waals surface area contributed by atoms with E-state index in [0.29, 0.717) is 31.7 Å². The fraction of sp³-hybridized carbons (Fsp3) is 0.529. The smallest absolute Gasteiger partial charge is 0.241 e. The topological polar surface area (TPSA) is 43.9 Å². The third-order valence-corrected chi connectivity index (χ3v) is 5.04. The Balaban J connectivity index is 1.85. The second-order valence-corrected chi connectivity index (χ2v) is 6.46. The summed E-state index contributed by atoms with van der Waals surface area (Å²) in [6.45, 7) is 3.96. The van der Waals surface area contributed by atoms with Gasteiger partial charge in [-0.05, 0) is 31.7 Å². The van der Waals surface area contributed by atoms with Gasteiger partial charge < -0.3 is 9.80 Å². The maximum Gasteiger partial charge on any atom is 0.241 e. The number of amides is 2. The summed E-state index contributed by atoms with van der Waals surface area (Å²) in [5.41, 5.74) is 0.341. The number of halogens is 1. The van der Waals surface area contributed by atoms with Crippen molar-refractivity contribution >= 4 is 17.5 Å². The molecule has 0 radical (unpaired) electrons. The van der Waals surface area contributed by atoms with Gasteiger partial charge in [0.15, 0.2) is 0 Å². The number of hydrogen-bond acceptors (Lipinski definition) is 3. The zero-order valence-corrected chi connectivity index (χ0v) is 13.6. The van der Waals surface area contributed by atoms with E-state index in [1.54, 1.807) is 17.0 Å². The number of nitrogens with zero attached hydrogens (tertiary/aromatic N) is 3. The zero-order valence-electron chi connectivity index (χ0n) is 13.6. The molecule has 2 heterocycles. The first-order valence-electron chi connectivity index (χ1n) is 8.00. The van der Waals surface area contributed by atoms with Crippen LogP contribution in [0.2, 0.25) is 0 Å². The Labute approximate surface area is 135 Å². The van der Waals surface area contributed by atoms with Crippen LogP contribution in [0.15, 0.2) is 24.3 Å². The van der Waals surface area contributed by atoms with E-state index in [2.05, 4.69) is 0 Å². The Morgan fingerprint density at radius 3 is 2.83 bits per heavy atom. The van der Waals surface area contributed by atoms with Crippen LogP contribution < -0.4 is 4.90 Å². The van der Waals surface area contributed by atoms with E-state index in [1.807, 2.05) is 23.8 Å². The van der Waals surface area contributed by atoms with Crippen LogP contribution in [0.5, 0.6) is 0 Å². The Morgan fingerprint density at radius 1 is 1.35 bits per heavy atom. The van der Waals surface area contributed by atoms with E-state index in [4.69, 9.17) is 0 Å². The number of piperazine rings is 1. The largest absolute Gasteiger partial charge is 0.341 e. The van der Waals surface area contributed by atoms with Crippen LogP contribution in [-0.2, 0) is 9.59 Å². The van der Waals surface area contributed by atoms with Crippen LogP contribution in [0.3, 0.4) is 0 Å². The highest BCUT2D eigenvalue weighted by atomic mass is 19.1. The van der Waals surface area contributed by atoms with Crippen molar-refractivity contribution in [3.63, 3.8) is 0 Å². The van der Waals surface area contributed by atoms with Crippen LogP contribution in [-0.4, -0.2) is 60.4 Å². The number of carbonyl (C=O) groups is 2. The summed E-state index contributed by atoms with van der Waals surface area (Å²) in [4.78, 5) is 30.0. The standard InChI is InChI=1S/C17H22FN3O2/c1-3-15(22)20-8-7-17(11-20)12-21(16(23)10-19(17)2)14-6-4-5-13(18)9-14/h4-6,9H,3,7-8,10-12H2,1-2H3. The molecule has 2 aliphatic rings. The summed E-state index contributed by atoms with van der Waals surface area (Å²) >= 11 is 0. The lowest BCUT2D eigenvalue weighted by atomic mass is 9.92. The molecule has 0 N–H and O–H groups in total. The number of likely N-dealkylation sites (tertiary alicyclic amines) is 1. The van der Waals surface area contributed by atoms with E-state index < -0.39 is 0 Å². The molecule has 1 unspecified atom stereocenters. The third-order valence-electron chi connectivity index (χ3n) is 5.04. The predicted octanol–water partition coefficient (Wildman–Crippen LogP) is 1.49. The van der Waals surface area contributed by atoms with Crippen molar-refractivity contribution in [3.05, 3.63) is 30.1 Å². The summed E-state index contributed by atoms with van der Waals surface area (Å²) in [7, 11) is 1.93. The highest BCUT2D eigenvalue weighted by molar-refractivity contribution is 5.96. The molecule has 1 atom stereocenters. The summed E-state index contributed by atoms with van der Waals surface area (Å²) in [6.07, 6.45) is 1.32. The quantitative estimate of drug-likeness (QED) is 0.829. The molecular weight excluding hydrogens is 297 g/mol. The van der Waals surface area contributed by atoms with E-state index in [0.717, 1.165) is 6.42 Å². The van der Waals surface area contributed by atoms with Gasteiger partial charge in [-0.1, -0.05) is 13.0 Å². The van der Waals surface area contributed by atoms with Crippen molar-refractivity contribution in [3.8, 4) is 0 Å². The zero-order chi connectivity index (χ0) is 16.6. The Hall–Kier alpha value is -1.95. The van der Waals surface area contributed by atoms with Gasteiger partial charge in [-0.3, -0.25) is 14.5 Å². The molecule has 23 heavy (non-hydrogen) atoms. The first-order valence-corrected chi connectivity index (χ1v) is 8.00. The van der Waals surface area contributed by atoms with Crippen molar-refractivity contribution in [2.24, 2.45) is 0 Å². The molecule has 0 saturated carbocycles. The molecule has 1 aromatic carbocycles. The number of anilines is 1. The summed E-state index contributed by atoms with van der Waals surface area (Å²) in [6, 6.07) is 6.13. The van der Waals surface area contributed by atoms with Gasteiger partial charge in [-0.15, -0.1) is 0 Å². The minimum absolute atomic E-state index is 0.0380. The van der Waals surface area contributed by atoms with Gasteiger partial charge in [-0.25, -0.2) is 4.39 Å². The summed E-state index contributed by atoms with van der Waals surface area (Å²) in [5, 5.41) is 0. The number of benzene rings is 1. The number of hydrogen-bond donors (Lipinski definition) is 0. The van der Waals surface area contributed by atoms with Crippen molar-refractivity contribution < 1.29 is 14.0 Å². The minimum atomic E-state index is -0.350. The van der Waals surface area contributed by atoms with Crippen LogP contribution in [0.4, 0.5) is 10.1 Å². The van der Waals surface area contributed by atoms with Crippen LogP contribution in [0.25, 0.3) is 0 Å². The number of likely N-dealkylation sites (N-methyl/N-ethyl adjacent to an activating group) is 1. The molecule has 0 bridgehead atoms. The van der Waals surface area contributed by atoms with E-state index in [1.165, 1.54) is 12.1 Å². The summed E-state index contributed by atoms with van der Waals surface area (Å²) < 4.78 is 13.5. The van der Waals surface area contributed by atoms with Gasteiger partial charge in [0.2, 0.25) is 11.8 Å². The molecule has 1 spiro atoms. The molecule has 2 amide bonds. The van der Waals surface area contributed by atoms with Gasteiger partial charge in [-0.2, -0.15) is 0 Å². The van der Waals surface area contributed by atoms with E-state index in [-0.39, 0.29) is 29.7 Å². The molecule has 1 aromatic rings. The summed E-state index contributed by atoms with van der Waals surface area (Å²) in [5.74, 6) is -0.244. The molecule has 124 valence electrons. The Bertz CT molecular complexity index is 636. The minimum Gasteiger partial charge on any atom is -0.341 e. The van der Waals surface area contributed by atoms with Gasteiger partial charge in [0.25, 0.3) is 0 Å². The number of carbonyl (C=O) groups excluding carboxylic acids is 2. The average molecular weight is 319 g/mol. The van der Waals surface area contributed by atoms with Gasteiger partial charge in [0, 0.05) is 31.7 Å². The van der Waals surface area contributed by atoms with E-state index in [9.17, 15) is 14.0 Å². The van der Waals surface area contributed by atoms with Gasteiger partial charge >= 0.3 is 0 Å². The van der Waals surface area contributed by atoms with E-state index >= 15 is 0 Å². The molecule has 0 aliphatic carbocycles. The molecule has 2 saturated heterocycles. The normalized spacial score (nSPS) is 25.4. The fourth-order valence-corrected chi connectivity index (χ4v) is 3.57. The SMILES string of the molecule is CCC(=O)N1CCC2(C1)CN(c1cccc(F)c1)C(=O)CN2C. The molecule has 5 nitrogen and oxygen atoms in total. The monoisotopic (exact) mass is 319 g/mol. The van der Waals surface area contributed by atoms with Crippen molar-refractivity contribution in [2.75, 3.05) is 38.1 Å². The predicted molar refractivity (Wildman–Crippen MR) is 85.6 cm³/mol. The van der Waals surface area contributed by atoms with Gasteiger partial charge in [0.05, 0.1) is 12.1 Å². The highest BCUT2D eigenvalue weighted by Gasteiger charge is 2.48. The van der Waals surface area contributed by atoms with Crippen molar-refractivity contribution in [1.82, 2.24) is 9.80 Å². The number of rotatable bonds is 2. The lowest BCUT2D eigenvalue weighted by Gasteiger charge is -2.46.